The lowest BCUT2D eigenvalue weighted by Gasteiger charge is -2.24. The number of aryl methyl sites for hydroxylation is 1. The van der Waals surface area contributed by atoms with Crippen LogP contribution in [0.5, 0.6) is 0 Å². The van der Waals surface area contributed by atoms with E-state index in [1.54, 1.807) is 17.8 Å². The van der Waals surface area contributed by atoms with Gasteiger partial charge in [0, 0.05) is 19.3 Å². The van der Waals surface area contributed by atoms with Crippen LogP contribution in [0.1, 0.15) is 40.4 Å². The van der Waals surface area contributed by atoms with Crippen molar-refractivity contribution in [3.63, 3.8) is 0 Å². The van der Waals surface area contributed by atoms with E-state index in [2.05, 4.69) is 22.1 Å². The first-order valence-corrected chi connectivity index (χ1v) is 9.56. The Morgan fingerprint density at radius 1 is 1.44 bits per heavy atom. The van der Waals surface area contributed by atoms with Crippen LogP contribution in [-0.4, -0.2) is 35.4 Å². The van der Waals surface area contributed by atoms with E-state index in [4.69, 9.17) is 16.3 Å². The summed E-state index contributed by atoms with van der Waals surface area (Å²) in [4.78, 5) is 14.1. The summed E-state index contributed by atoms with van der Waals surface area (Å²) < 4.78 is 6.64. The van der Waals surface area contributed by atoms with Gasteiger partial charge in [0.25, 0.3) is 0 Å². The van der Waals surface area contributed by atoms with Crippen LogP contribution in [0.25, 0.3) is 0 Å². The molecule has 0 N–H and O–H groups in total. The van der Waals surface area contributed by atoms with E-state index >= 15 is 0 Å². The first-order valence-electron chi connectivity index (χ1n) is 9.18. The highest BCUT2D eigenvalue weighted by Gasteiger charge is 2.45. The maximum atomic E-state index is 11.8. The van der Waals surface area contributed by atoms with Crippen molar-refractivity contribution in [2.24, 2.45) is 11.8 Å². The Kier molecular flexibility index (Phi) is 4.56. The summed E-state index contributed by atoms with van der Waals surface area (Å²) in [6, 6.07) is 4.34. The second kappa shape index (κ2) is 6.90. The van der Waals surface area contributed by atoms with Gasteiger partial charge in [-0.3, -0.25) is 4.68 Å². The SMILES string of the molecule is CCOC(=O)c1cnn(Cc2c(C)cc(N3CC4CC4C3)c(C#N)c2Cl)c1. The summed E-state index contributed by atoms with van der Waals surface area (Å²) in [5, 5.41) is 14.4. The van der Waals surface area contributed by atoms with Gasteiger partial charge in [-0.15, -0.1) is 0 Å². The van der Waals surface area contributed by atoms with Gasteiger partial charge in [-0.2, -0.15) is 10.4 Å². The zero-order chi connectivity index (χ0) is 19.1. The number of esters is 1. The Bertz CT molecular complexity index is 936. The van der Waals surface area contributed by atoms with Crippen molar-refractivity contribution in [2.75, 3.05) is 24.6 Å². The van der Waals surface area contributed by atoms with Gasteiger partial charge in [-0.25, -0.2) is 4.79 Å². The molecule has 27 heavy (non-hydrogen) atoms. The molecule has 0 radical (unpaired) electrons. The van der Waals surface area contributed by atoms with Gasteiger partial charge in [-0.1, -0.05) is 11.6 Å². The zero-order valence-corrected chi connectivity index (χ0v) is 16.2. The van der Waals surface area contributed by atoms with Crippen molar-refractivity contribution in [3.8, 4) is 6.07 Å². The highest BCUT2D eigenvalue weighted by molar-refractivity contribution is 6.33. The number of hydrogen-bond donors (Lipinski definition) is 0. The Balaban J connectivity index is 1.62. The van der Waals surface area contributed by atoms with Crippen molar-refractivity contribution in [3.05, 3.63) is 45.7 Å². The molecular weight excluding hydrogens is 364 g/mol. The molecule has 0 spiro atoms. The van der Waals surface area contributed by atoms with Crippen LogP contribution >= 0.6 is 11.6 Å². The van der Waals surface area contributed by atoms with Gasteiger partial charge in [0.2, 0.25) is 0 Å². The lowest BCUT2D eigenvalue weighted by molar-refractivity contribution is 0.0526. The molecule has 2 atom stereocenters. The van der Waals surface area contributed by atoms with Crippen molar-refractivity contribution in [1.82, 2.24) is 9.78 Å². The molecule has 1 aromatic carbocycles. The second-order valence-electron chi connectivity index (χ2n) is 7.30. The average molecular weight is 385 g/mol. The number of hydrogen-bond acceptors (Lipinski definition) is 5. The Hall–Kier alpha value is -2.52. The number of carbonyl (C=O) groups excluding carboxylic acids is 1. The summed E-state index contributed by atoms with van der Waals surface area (Å²) in [6.45, 7) is 6.50. The van der Waals surface area contributed by atoms with Gasteiger partial charge in [-0.05, 0) is 49.3 Å². The molecule has 0 amide bonds. The van der Waals surface area contributed by atoms with E-state index in [1.165, 1.54) is 12.6 Å². The lowest BCUT2D eigenvalue weighted by atomic mass is 10.0. The first-order chi connectivity index (χ1) is 13.0. The number of piperidine rings is 1. The maximum Gasteiger partial charge on any atom is 0.341 e. The number of benzene rings is 1. The summed E-state index contributed by atoms with van der Waals surface area (Å²) >= 11 is 6.63. The molecule has 1 saturated heterocycles. The van der Waals surface area contributed by atoms with E-state index in [1.807, 2.05) is 6.92 Å². The number of rotatable bonds is 5. The highest BCUT2D eigenvalue weighted by atomic mass is 35.5. The molecule has 6 nitrogen and oxygen atoms in total. The number of aromatic nitrogens is 2. The fourth-order valence-electron chi connectivity index (χ4n) is 3.88. The fraction of sp³-hybridized carbons (Fsp3) is 0.450. The molecule has 1 aromatic heterocycles. The second-order valence-corrected chi connectivity index (χ2v) is 7.68. The number of anilines is 1. The molecule has 2 heterocycles. The monoisotopic (exact) mass is 384 g/mol. The van der Waals surface area contributed by atoms with Crippen LogP contribution in [0.3, 0.4) is 0 Å². The number of carbonyl (C=O) groups is 1. The number of fused-ring (bicyclic) bond motifs is 1. The Labute approximate surface area is 163 Å². The molecule has 2 fully saturated rings. The minimum absolute atomic E-state index is 0.320. The van der Waals surface area contributed by atoms with Crippen LogP contribution in [0.2, 0.25) is 5.02 Å². The summed E-state index contributed by atoms with van der Waals surface area (Å²) in [6.07, 6.45) is 4.43. The molecule has 4 rings (SSSR count). The van der Waals surface area contributed by atoms with E-state index in [9.17, 15) is 10.1 Å². The maximum absolute atomic E-state index is 11.8. The normalized spacial score (nSPS) is 20.3. The number of halogens is 1. The van der Waals surface area contributed by atoms with Crippen LogP contribution in [-0.2, 0) is 11.3 Å². The predicted octanol–water partition coefficient (Wildman–Crippen LogP) is 3.40. The predicted molar refractivity (Wildman–Crippen MR) is 102 cm³/mol. The molecule has 7 heteroatoms. The third-order valence-corrected chi connectivity index (χ3v) is 5.88. The third kappa shape index (κ3) is 3.28. The number of ether oxygens (including phenoxy) is 1. The molecule has 0 bridgehead atoms. The van der Waals surface area contributed by atoms with E-state index in [0.29, 0.717) is 29.3 Å². The van der Waals surface area contributed by atoms with E-state index in [0.717, 1.165) is 41.7 Å². The molecule has 2 aliphatic rings. The fourth-order valence-corrected chi connectivity index (χ4v) is 4.23. The minimum atomic E-state index is -0.396. The van der Waals surface area contributed by atoms with Gasteiger partial charge in [0.1, 0.15) is 6.07 Å². The molecular formula is C20H21ClN4O2. The topological polar surface area (TPSA) is 71.2 Å². The first kappa shape index (κ1) is 17.9. The quantitative estimate of drug-likeness (QED) is 0.739. The van der Waals surface area contributed by atoms with Gasteiger partial charge < -0.3 is 9.64 Å². The molecule has 140 valence electrons. The van der Waals surface area contributed by atoms with Crippen LogP contribution in [0, 0.1) is 30.1 Å². The molecule has 1 aliphatic carbocycles. The third-order valence-electron chi connectivity index (χ3n) is 5.47. The minimum Gasteiger partial charge on any atom is -0.462 e. The summed E-state index contributed by atoms with van der Waals surface area (Å²) in [7, 11) is 0. The summed E-state index contributed by atoms with van der Waals surface area (Å²) in [5.41, 5.74) is 3.72. The number of nitrogens with zero attached hydrogens (tertiary/aromatic N) is 4. The zero-order valence-electron chi connectivity index (χ0n) is 15.4. The smallest absolute Gasteiger partial charge is 0.341 e. The Morgan fingerprint density at radius 3 is 2.85 bits per heavy atom. The van der Waals surface area contributed by atoms with Crippen molar-refractivity contribution in [1.29, 1.82) is 5.26 Å². The highest BCUT2D eigenvalue weighted by Crippen LogP contribution is 2.47. The molecule has 1 aliphatic heterocycles. The van der Waals surface area contributed by atoms with Gasteiger partial charge in [0.05, 0.1) is 41.2 Å². The van der Waals surface area contributed by atoms with Crippen molar-refractivity contribution < 1.29 is 9.53 Å². The largest absolute Gasteiger partial charge is 0.462 e. The summed E-state index contributed by atoms with van der Waals surface area (Å²) in [5.74, 6) is 1.16. The Morgan fingerprint density at radius 2 is 2.19 bits per heavy atom. The van der Waals surface area contributed by atoms with Gasteiger partial charge >= 0.3 is 5.97 Å². The van der Waals surface area contributed by atoms with E-state index < -0.39 is 5.97 Å². The molecule has 1 saturated carbocycles. The van der Waals surface area contributed by atoms with Crippen LogP contribution < -0.4 is 4.90 Å². The standard InChI is InChI=1S/C20H21ClN4O2/c1-3-27-20(26)15-7-23-25(10-15)11-17-12(2)4-18(16(6-22)19(17)21)24-8-13-5-14(13)9-24/h4,7,10,13-14H,3,5,8-9,11H2,1-2H3. The van der Waals surface area contributed by atoms with Crippen molar-refractivity contribution >= 4 is 23.3 Å². The molecule has 2 unspecified atom stereocenters. The lowest BCUT2D eigenvalue weighted by Crippen LogP contribution is -2.23. The van der Waals surface area contributed by atoms with Crippen LogP contribution in [0.4, 0.5) is 5.69 Å². The van der Waals surface area contributed by atoms with E-state index in [-0.39, 0.29) is 0 Å². The van der Waals surface area contributed by atoms with Gasteiger partial charge in [0.15, 0.2) is 0 Å². The van der Waals surface area contributed by atoms with Crippen LogP contribution in [0.15, 0.2) is 18.5 Å². The number of nitriles is 1. The molecule has 2 aromatic rings. The van der Waals surface area contributed by atoms with Crippen molar-refractivity contribution in [2.45, 2.75) is 26.8 Å². The average Bonchev–Trinajstić information content (AvgIpc) is 3.06.